The number of nitrogens with one attached hydrogen (secondary N) is 1. The van der Waals surface area contributed by atoms with E-state index in [4.69, 9.17) is 0 Å². The molecule has 37 heavy (non-hydrogen) atoms. The van der Waals surface area contributed by atoms with E-state index >= 15 is 0 Å². The van der Waals surface area contributed by atoms with Gasteiger partial charge in [0, 0.05) is 44.4 Å². The monoisotopic (exact) mass is 512 g/mol. The quantitative estimate of drug-likeness (QED) is 0.589. The van der Waals surface area contributed by atoms with Gasteiger partial charge in [0.05, 0.1) is 17.2 Å². The molecule has 3 rings (SSSR count). The minimum Gasteiger partial charge on any atom is -0.355 e. The summed E-state index contributed by atoms with van der Waals surface area (Å²) in [6.45, 7) is 3.29. The minimum absolute atomic E-state index is 0.00777. The van der Waals surface area contributed by atoms with E-state index in [-0.39, 0.29) is 35.8 Å². The third kappa shape index (κ3) is 5.82. The number of hydrogen-bond acceptors (Lipinski definition) is 4. The number of amides is 3. The number of halogens is 3. The van der Waals surface area contributed by atoms with Crippen molar-refractivity contribution in [2.75, 3.05) is 25.5 Å². The molecule has 1 heterocycles. The van der Waals surface area contributed by atoms with E-state index in [1.54, 1.807) is 38.4 Å². The average molecular weight is 513 g/mol. The highest BCUT2D eigenvalue weighted by Gasteiger charge is 2.46. The number of anilines is 1. The van der Waals surface area contributed by atoms with Crippen molar-refractivity contribution in [2.45, 2.75) is 32.4 Å². The van der Waals surface area contributed by atoms with Crippen molar-refractivity contribution < 1.29 is 27.6 Å². The van der Waals surface area contributed by atoms with Gasteiger partial charge in [-0.15, -0.1) is 0 Å². The highest BCUT2D eigenvalue weighted by atomic mass is 19.4. The molecular formula is C27H27F3N4O3. The summed E-state index contributed by atoms with van der Waals surface area (Å²) in [5, 5.41) is 12.7. The number of allylic oxidation sites excluding steroid dienone is 2. The molecular weight excluding hydrogens is 485 g/mol. The fraction of sp³-hybridized carbons (Fsp3) is 0.333. The summed E-state index contributed by atoms with van der Waals surface area (Å²) in [7, 11) is 3.14. The van der Waals surface area contributed by atoms with Crippen LogP contribution in [0.5, 0.6) is 0 Å². The Morgan fingerprint density at radius 2 is 1.76 bits per heavy atom. The molecule has 0 aromatic heterocycles. The molecule has 194 valence electrons. The highest BCUT2D eigenvalue weighted by molar-refractivity contribution is 6.12. The largest absolute Gasteiger partial charge is 0.416 e. The van der Waals surface area contributed by atoms with Crippen LogP contribution in [0.3, 0.4) is 0 Å². The Morgan fingerprint density at radius 1 is 1.11 bits per heavy atom. The van der Waals surface area contributed by atoms with Gasteiger partial charge in [-0.1, -0.05) is 35.9 Å². The van der Waals surface area contributed by atoms with Crippen LogP contribution in [-0.4, -0.2) is 43.3 Å². The van der Waals surface area contributed by atoms with Gasteiger partial charge in [-0.3, -0.25) is 19.3 Å². The molecule has 1 aliphatic rings. The summed E-state index contributed by atoms with van der Waals surface area (Å²) in [6, 6.07) is 13.3. The third-order valence-electron chi connectivity index (χ3n) is 6.26. The van der Waals surface area contributed by atoms with Gasteiger partial charge in [0.25, 0.3) is 0 Å². The van der Waals surface area contributed by atoms with E-state index in [1.807, 2.05) is 6.92 Å². The molecule has 0 saturated carbocycles. The van der Waals surface area contributed by atoms with Gasteiger partial charge >= 0.3 is 6.18 Å². The first kappa shape index (κ1) is 27.5. The Morgan fingerprint density at radius 3 is 2.32 bits per heavy atom. The van der Waals surface area contributed by atoms with E-state index in [0.717, 1.165) is 22.6 Å². The lowest BCUT2D eigenvalue weighted by Crippen LogP contribution is -2.50. The van der Waals surface area contributed by atoms with Crippen LogP contribution in [0.1, 0.15) is 36.0 Å². The van der Waals surface area contributed by atoms with Crippen molar-refractivity contribution >= 4 is 23.4 Å². The van der Waals surface area contributed by atoms with Crippen molar-refractivity contribution in [1.82, 2.24) is 10.2 Å². The van der Waals surface area contributed by atoms with Gasteiger partial charge in [-0.25, -0.2) is 0 Å². The fourth-order valence-electron chi connectivity index (χ4n) is 4.27. The topological polar surface area (TPSA) is 93.5 Å². The van der Waals surface area contributed by atoms with Gasteiger partial charge in [-0.05, 0) is 37.6 Å². The lowest BCUT2D eigenvalue weighted by molar-refractivity contribution is -0.138. The van der Waals surface area contributed by atoms with Crippen molar-refractivity contribution in [3.05, 3.63) is 76.5 Å². The summed E-state index contributed by atoms with van der Waals surface area (Å²) >= 11 is 0. The maximum Gasteiger partial charge on any atom is 0.416 e. The summed E-state index contributed by atoms with van der Waals surface area (Å²) in [4.78, 5) is 41.5. The number of carbonyl (C=O) groups is 3. The molecule has 1 N–H and O–H groups in total. The van der Waals surface area contributed by atoms with Gasteiger partial charge < -0.3 is 10.2 Å². The summed E-state index contributed by atoms with van der Waals surface area (Å²) in [6.07, 6.45) is -4.66. The van der Waals surface area contributed by atoms with Crippen molar-refractivity contribution in [3.8, 4) is 6.07 Å². The Hall–Kier alpha value is -4.13. The number of aryl methyl sites for hydroxylation is 1. The van der Waals surface area contributed by atoms with Crippen LogP contribution in [0.25, 0.3) is 0 Å². The number of alkyl halides is 3. The van der Waals surface area contributed by atoms with Gasteiger partial charge in [0.2, 0.25) is 17.7 Å². The highest BCUT2D eigenvalue weighted by Crippen LogP contribution is 2.43. The Balaban J connectivity index is 2.11. The predicted molar refractivity (Wildman–Crippen MR) is 131 cm³/mol. The molecule has 0 fully saturated rings. The molecule has 0 bridgehead atoms. The Bertz CT molecular complexity index is 1280. The van der Waals surface area contributed by atoms with Gasteiger partial charge in [-0.2, -0.15) is 18.4 Å². The summed E-state index contributed by atoms with van der Waals surface area (Å²) in [5.41, 5.74) is 0.637. The molecule has 7 nitrogen and oxygen atoms in total. The van der Waals surface area contributed by atoms with Crippen LogP contribution in [-0.2, 0) is 20.6 Å². The normalized spacial score (nSPS) is 17.9. The van der Waals surface area contributed by atoms with E-state index < -0.39 is 35.4 Å². The van der Waals surface area contributed by atoms with Crippen LogP contribution in [0.2, 0.25) is 0 Å². The molecule has 0 spiro atoms. The zero-order valence-electron chi connectivity index (χ0n) is 20.9. The number of hydrogen-bond donors (Lipinski definition) is 1. The summed E-state index contributed by atoms with van der Waals surface area (Å²) in [5.74, 6) is -4.11. The van der Waals surface area contributed by atoms with Crippen molar-refractivity contribution in [2.24, 2.45) is 5.92 Å². The number of nitrogens with zero attached hydrogens (tertiary/aromatic N) is 3. The second kappa shape index (κ2) is 10.9. The SMILES string of the molecule is CC1=C(C#N)C(c2ccc(C)cc2)C(C(=O)NCCC(=O)N(C)C)C(=O)N1c1cccc(C(F)(F)F)c1. The van der Waals surface area contributed by atoms with E-state index in [1.165, 1.54) is 24.0 Å². The fourth-order valence-corrected chi connectivity index (χ4v) is 4.27. The van der Waals surface area contributed by atoms with E-state index in [0.29, 0.717) is 5.56 Å². The predicted octanol–water partition coefficient (Wildman–Crippen LogP) is 4.15. The zero-order valence-corrected chi connectivity index (χ0v) is 20.9. The molecule has 0 saturated heterocycles. The van der Waals surface area contributed by atoms with Gasteiger partial charge in [0.1, 0.15) is 5.92 Å². The maximum atomic E-state index is 13.8. The van der Waals surface area contributed by atoms with E-state index in [2.05, 4.69) is 11.4 Å². The second-order valence-electron chi connectivity index (χ2n) is 9.03. The molecule has 2 atom stereocenters. The third-order valence-corrected chi connectivity index (χ3v) is 6.26. The molecule has 1 aliphatic heterocycles. The second-order valence-corrected chi connectivity index (χ2v) is 9.03. The molecule has 10 heteroatoms. The summed E-state index contributed by atoms with van der Waals surface area (Å²) < 4.78 is 40.2. The Kier molecular flexibility index (Phi) is 8.06. The molecule has 2 unspecified atom stereocenters. The number of carbonyl (C=O) groups excluding carboxylic acids is 3. The Labute approximate surface area is 213 Å². The minimum atomic E-state index is -4.65. The van der Waals surface area contributed by atoms with Crippen LogP contribution in [0.15, 0.2) is 59.8 Å². The first-order chi connectivity index (χ1) is 17.4. The number of benzene rings is 2. The van der Waals surface area contributed by atoms with Crippen LogP contribution >= 0.6 is 0 Å². The molecule has 3 amide bonds. The smallest absolute Gasteiger partial charge is 0.355 e. The first-order valence-corrected chi connectivity index (χ1v) is 11.5. The average Bonchev–Trinajstić information content (AvgIpc) is 2.83. The van der Waals surface area contributed by atoms with Crippen LogP contribution in [0, 0.1) is 24.2 Å². The zero-order chi connectivity index (χ0) is 27.5. The van der Waals surface area contributed by atoms with Crippen LogP contribution < -0.4 is 10.2 Å². The molecule has 0 aliphatic carbocycles. The molecule has 0 radical (unpaired) electrons. The van der Waals surface area contributed by atoms with Crippen molar-refractivity contribution in [1.29, 1.82) is 5.26 Å². The van der Waals surface area contributed by atoms with E-state index in [9.17, 15) is 32.8 Å². The first-order valence-electron chi connectivity index (χ1n) is 11.5. The maximum absolute atomic E-state index is 13.8. The lowest BCUT2D eigenvalue weighted by atomic mass is 9.75. The lowest BCUT2D eigenvalue weighted by Gasteiger charge is -2.38. The van der Waals surface area contributed by atoms with Gasteiger partial charge in [0.15, 0.2) is 0 Å². The number of rotatable bonds is 6. The van der Waals surface area contributed by atoms with Crippen molar-refractivity contribution in [3.63, 3.8) is 0 Å². The standard InChI is InChI=1S/C27H27F3N4O3/c1-16-8-10-18(11-9-16)23-21(15-31)17(2)34(20-7-5-6-19(14-20)27(28,29)30)26(37)24(23)25(36)32-13-12-22(35)33(3)4/h5-11,14,23-24H,12-13H2,1-4H3,(H,32,36). The number of nitriles is 1. The molecule has 2 aromatic rings. The van der Waals surface area contributed by atoms with Crippen LogP contribution in [0.4, 0.5) is 18.9 Å². The molecule has 2 aromatic carbocycles.